The van der Waals surface area contributed by atoms with Crippen LogP contribution in [-0.2, 0) is 9.47 Å². The summed E-state index contributed by atoms with van der Waals surface area (Å²) >= 11 is 0. The highest BCUT2D eigenvalue weighted by Crippen LogP contribution is 2.25. The Balaban J connectivity index is 3.05. The highest BCUT2D eigenvalue weighted by molar-refractivity contribution is 5.88. The zero-order chi connectivity index (χ0) is 15.1. The van der Waals surface area contributed by atoms with Crippen molar-refractivity contribution < 1.29 is 19.2 Å². The Morgan fingerprint density at radius 3 is 2.70 bits per heavy atom. The van der Waals surface area contributed by atoms with Crippen LogP contribution in [-0.4, -0.2) is 50.3 Å². The molecule has 0 amide bonds. The van der Waals surface area contributed by atoms with E-state index in [-0.39, 0.29) is 17.2 Å². The molecule has 1 aromatic rings. The van der Waals surface area contributed by atoms with Crippen molar-refractivity contribution in [2.24, 2.45) is 0 Å². The molecule has 0 saturated carbocycles. The van der Waals surface area contributed by atoms with E-state index in [0.717, 1.165) is 0 Å². The monoisotopic (exact) mass is 283 g/mol. The number of aromatic nitrogens is 1. The van der Waals surface area contributed by atoms with Gasteiger partial charge >= 0.3 is 11.7 Å². The maximum atomic E-state index is 11.4. The van der Waals surface area contributed by atoms with E-state index in [1.807, 2.05) is 0 Å². The predicted molar refractivity (Wildman–Crippen MR) is 72.0 cm³/mol. The number of pyridine rings is 1. The lowest BCUT2D eigenvalue weighted by Gasteiger charge is -2.18. The van der Waals surface area contributed by atoms with Crippen LogP contribution in [0.3, 0.4) is 0 Å². The topological polar surface area (TPSA) is 94.8 Å². The highest BCUT2D eigenvalue weighted by atomic mass is 16.6. The number of rotatable bonds is 7. The van der Waals surface area contributed by atoms with E-state index in [2.05, 4.69) is 9.72 Å². The molecule has 0 atom stereocenters. The number of carbonyl (C=O) groups is 1. The molecule has 0 spiro atoms. The van der Waals surface area contributed by atoms with Crippen molar-refractivity contribution in [3.05, 3.63) is 27.9 Å². The summed E-state index contributed by atoms with van der Waals surface area (Å²) in [5.74, 6) is -0.500. The van der Waals surface area contributed by atoms with Gasteiger partial charge in [0.25, 0.3) is 0 Å². The van der Waals surface area contributed by atoms with Crippen LogP contribution in [0.5, 0.6) is 0 Å². The number of methoxy groups -OCH3 is 2. The molecular formula is C12H17N3O5. The molecule has 20 heavy (non-hydrogen) atoms. The summed E-state index contributed by atoms with van der Waals surface area (Å²) in [6, 6.07) is 2.53. The van der Waals surface area contributed by atoms with Gasteiger partial charge in [-0.2, -0.15) is 0 Å². The van der Waals surface area contributed by atoms with E-state index < -0.39 is 10.9 Å². The molecule has 0 radical (unpaired) electrons. The quantitative estimate of drug-likeness (QED) is 0.321. The fourth-order valence-corrected chi connectivity index (χ4v) is 1.63. The summed E-state index contributed by atoms with van der Waals surface area (Å²) in [5, 5.41) is 11.0. The van der Waals surface area contributed by atoms with Gasteiger partial charge in [0.15, 0.2) is 5.69 Å². The Bertz CT molecular complexity index is 492. The number of anilines is 1. The first-order chi connectivity index (χ1) is 9.51. The SMILES string of the molecule is COCCCN(C)c1nc(C(=O)OC)ccc1[N+](=O)[O-]. The molecule has 0 unspecified atom stereocenters. The van der Waals surface area contributed by atoms with Gasteiger partial charge in [0, 0.05) is 33.4 Å². The van der Waals surface area contributed by atoms with Crippen LogP contribution in [0.4, 0.5) is 11.5 Å². The molecule has 0 aliphatic carbocycles. The van der Waals surface area contributed by atoms with Crippen LogP contribution in [0.1, 0.15) is 16.9 Å². The summed E-state index contributed by atoms with van der Waals surface area (Å²) in [6.45, 7) is 1.06. The Morgan fingerprint density at radius 1 is 1.45 bits per heavy atom. The van der Waals surface area contributed by atoms with E-state index in [0.29, 0.717) is 19.6 Å². The van der Waals surface area contributed by atoms with Gasteiger partial charge in [-0.3, -0.25) is 10.1 Å². The normalized spacial score (nSPS) is 10.2. The molecule has 8 nitrogen and oxygen atoms in total. The van der Waals surface area contributed by atoms with Crippen LogP contribution < -0.4 is 4.90 Å². The summed E-state index contributed by atoms with van der Waals surface area (Å²) < 4.78 is 9.49. The highest BCUT2D eigenvalue weighted by Gasteiger charge is 2.21. The van der Waals surface area contributed by atoms with Crippen LogP contribution >= 0.6 is 0 Å². The van der Waals surface area contributed by atoms with Crippen molar-refractivity contribution in [3.8, 4) is 0 Å². The summed E-state index contributed by atoms with van der Waals surface area (Å²) in [7, 11) is 4.48. The summed E-state index contributed by atoms with van der Waals surface area (Å²) in [4.78, 5) is 27.5. The maximum Gasteiger partial charge on any atom is 0.356 e. The lowest BCUT2D eigenvalue weighted by Crippen LogP contribution is -2.23. The van der Waals surface area contributed by atoms with Gasteiger partial charge in [0.2, 0.25) is 5.82 Å². The van der Waals surface area contributed by atoms with Crippen molar-refractivity contribution in [1.29, 1.82) is 0 Å². The van der Waals surface area contributed by atoms with Gasteiger partial charge in [0.05, 0.1) is 12.0 Å². The molecular weight excluding hydrogens is 266 g/mol. The Kier molecular flexibility index (Phi) is 5.85. The predicted octanol–water partition coefficient (Wildman–Crippen LogP) is 1.25. The number of nitro groups is 1. The fraction of sp³-hybridized carbons (Fsp3) is 0.500. The number of hydrogen-bond donors (Lipinski definition) is 0. The standard InChI is InChI=1S/C12H17N3O5/c1-14(7-4-8-19-2)11-10(15(17)18)6-5-9(13-11)12(16)20-3/h5-6H,4,7-8H2,1-3H3. The number of esters is 1. The van der Waals surface area contributed by atoms with E-state index in [1.165, 1.54) is 19.2 Å². The van der Waals surface area contributed by atoms with Gasteiger partial charge < -0.3 is 14.4 Å². The number of ether oxygens (including phenoxy) is 2. The van der Waals surface area contributed by atoms with Gasteiger partial charge in [-0.15, -0.1) is 0 Å². The van der Waals surface area contributed by atoms with Crippen LogP contribution in [0.15, 0.2) is 12.1 Å². The first-order valence-electron chi connectivity index (χ1n) is 5.95. The molecule has 0 bridgehead atoms. The molecule has 0 fully saturated rings. The zero-order valence-electron chi connectivity index (χ0n) is 11.7. The minimum absolute atomic E-state index is 0.0340. The molecule has 1 heterocycles. The first-order valence-corrected chi connectivity index (χ1v) is 5.95. The second kappa shape index (κ2) is 7.39. The summed E-state index contributed by atoms with van der Waals surface area (Å²) in [5.41, 5.74) is -0.121. The Morgan fingerprint density at radius 2 is 2.15 bits per heavy atom. The minimum Gasteiger partial charge on any atom is -0.464 e. The second-order valence-corrected chi connectivity index (χ2v) is 4.06. The van der Waals surface area contributed by atoms with Crippen molar-refractivity contribution in [2.75, 3.05) is 39.3 Å². The third kappa shape index (κ3) is 3.89. The van der Waals surface area contributed by atoms with Crippen molar-refractivity contribution in [3.63, 3.8) is 0 Å². The Hall–Kier alpha value is -2.22. The zero-order valence-corrected chi connectivity index (χ0v) is 11.7. The van der Waals surface area contributed by atoms with Crippen LogP contribution in [0, 0.1) is 10.1 Å². The number of hydrogen-bond acceptors (Lipinski definition) is 7. The molecule has 1 aromatic heterocycles. The molecule has 0 aliphatic heterocycles. The van der Waals surface area contributed by atoms with Crippen molar-refractivity contribution in [1.82, 2.24) is 4.98 Å². The van der Waals surface area contributed by atoms with E-state index in [1.54, 1.807) is 19.1 Å². The van der Waals surface area contributed by atoms with E-state index in [9.17, 15) is 14.9 Å². The van der Waals surface area contributed by atoms with Gasteiger partial charge in [0.1, 0.15) is 0 Å². The fourth-order valence-electron chi connectivity index (χ4n) is 1.63. The minimum atomic E-state index is -0.633. The first kappa shape index (κ1) is 15.8. The van der Waals surface area contributed by atoms with Crippen molar-refractivity contribution in [2.45, 2.75) is 6.42 Å². The molecule has 8 heteroatoms. The second-order valence-electron chi connectivity index (χ2n) is 4.06. The van der Waals surface area contributed by atoms with Crippen molar-refractivity contribution >= 4 is 17.5 Å². The van der Waals surface area contributed by atoms with Gasteiger partial charge in [-0.05, 0) is 12.5 Å². The van der Waals surface area contributed by atoms with Gasteiger partial charge in [-0.1, -0.05) is 0 Å². The van der Waals surface area contributed by atoms with E-state index in [4.69, 9.17) is 4.74 Å². The lowest BCUT2D eigenvalue weighted by molar-refractivity contribution is -0.384. The third-order valence-electron chi connectivity index (χ3n) is 2.65. The average Bonchev–Trinajstić information content (AvgIpc) is 2.45. The molecule has 0 aliphatic rings. The molecule has 110 valence electrons. The summed E-state index contributed by atoms with van der Waals surface area (Å²) in [6.07, 6.45) is 0.689. The van der Waals surface area contributed by atoms with E-state index >= 15 is 0 Å². The molecule has 1 rings (SSSR count). The largest absolute Gasteiger partial charge is 0.464 e. The smallest absolute Gasteiger partial charge is 0.356 e. The molecule has 0 aromatic carbocycles. The van der Waals surface area contributed by atoms with Crippen LogP contribution in [0.25, 0.3) is 0 Å². The van der Waals surface area contributed by atoms with Gasteiger partial charge in [-0.25, -0.2) is 9.78 Å². The third-order valence-corrected chi connectivity index (χ3v) is 2.65. The Labute approximate surface area is 116 Å². The molecule has 0 N–H and O–H groups in total. The number of nitrogens with zero attached hydrogens (tertiary/aromatic N) is 3. The number of carbonyl (C=O) groups excluding carboxylic acids is 1. The maximum absolute atomic E-state index is 11.4. The van der Waals surface area contributed by atoms with Crippen LogP contribution in [0.2, 0.25) is 0 Å². The molecule has 0 saturated heterocycles. The average molecular weight is 283 g/mol. The lowest BCUT2D eigenvalue weighted by atomic mass is 10.3.